The van der Waals surface area contributed by atoms with Gasteiger partial charge in [-0.05, 0) is 25.0 Å². The van der Waals surface area contributed by atoms with Crippen LogP contribution in [-0.2, 0) is 0 Å². The number of nitrogens with zero attached hydrogens (tertiary/aromatic N) is 2. The standard InChI is InChI=1S/C11H12N2O3/c14-10(13-6-1-2-7-13)9-8(11(15)16)4-3-5-12-9/h3-5H,1-2,6-7H2,(H,15,16). The Morgan fingerprint density at radius 2 is 2.00 bits per heavy atom. The van der Waals surface area contributed by atoms with E-state index in [1.165, 1.54) is 18.3 Å². The van der Waals surface area contributed by atoms with Crippen molar-refractivity contribution >= 4 is 11.9 Å². The Balaban J connectivity index is 2.32. The molecular formula is C11H12N2O3. The Morgan fingerprint density at radius 1 is 1.31 bits per heavy atom. The van der Waals surface area contributed by atoms with E-state index in [1.54, 1.807) is 4.90 Å². The van der Waals surface area contributed by atoms with Crippen molar-refractivity contribution in [2.75, 3.05) is 13.1 Å². The molecule has 2 heterocycles. The molecule has 1 saturated heterocycles. The van der Waals surface area contributed by atoms with Crippen LogP contribution in [0.3, 0.4) is 0 Å². The van der Waals surface area contributed by atoms with Crippen LogP contribution in [0.1, 0.15) is 33.7 Å². The van der Waals surface area contributed by atoms with Gasteiger partial charge in [0.25, 0.3) is 5.91 Å². The van der Waals surface area contributed by atoms with Crippen molar-refractivity contribution in [2.24, 2.45) is 0 Å². The van der Waals surface area contributed by atoms with Gasteiger partial charge >= 0.3 is 5.97 Å². The zero-order valence-electron chi connectivity index (χ0n) is 8.72. The van der Waals surface area contributed by atoms with Gasteiger partial charge in [0.05, 0.1) is 5.56 Å². The fourth-order valence-corrected chi connectivity index (χ4v) is 1.82. The number of likely N-dealkylation sites (tertiary alicyclic amines) is 1. The van der Waals surface area contributed by atoms with E-state index in [-0.39, 0.29) is 17.2 Å². The van der Waals surface area contributed by atoms with Crippen LogP contribution in [0.5, 0.6) is 0 Å². The van der Waals surface area contributed by atoms with Crippen LogP contribution >= 0.6 is 0 Å². The van der Waals surface area contributed by atoms with E-state index in [0.717, 1.165) is 12.8 Å². The highest BCUT2D eigenvalue weighted by Gasteiger charge is 2.24. The molecule has 5 heteroatoms. The third kappa shape index (κ3) is 1.88. The number of carboxylic acid groups (broad SMARTS) is 1. The maximum atomic E-state index is 12.0. The molecule has 0 atom stereocenters. The summed E-state index contributed by atoms with van der Waals surface area (Å²) in [5.41, 5.74) is 0.0105. The Morgan fingerprint density at radius 3 is 2.62 bits per heavy atom. The number of hydrogen-bond donors (Lipinski definition) is 1. The van der Waals surface area contributed by atoms with Gasteiger partial charge in [-0.1, -0.05) is 0 Å². The fourth-order valence-electron chi connectivity index (χ4n) is 1.82. The first-order valence-corrected chi connectivity index (χ1v) is 5.18. The highest BCUT2D eigenvalue weighted by atomic mass is 16.4. The fraction of sp³-hybridized carbons (Fsp3) is 0.364. The molecule has 1 aromatic heterocycles. The lowest BCUT2D eigenvalue weighted by atomic mass is 10.2. The quantitative estimate of drug-likeness (QED) is 0.807. The summed E-state index contributed by atoms with van der Waals surface area (Å²) in [5, 5.41) is 8.95. The summed E-state index contributed by atoms with van der Waals surface area (Å²) >= 11 is 0. The molecule has 1 fully saturated rings. The first kappa shape index (κ1) is 10.6. The molecule has 0 bridgehead atoms. The summed E-state index contributed by atoms with van der Waals surface area (Å²) in [6.07, 6.45) is 3.39. The van der Waals surface area contributed by atoms with E-state index in [4.69, 9.17) is 5.11 Å². The third-order valence-electron chi connectivity index (χ3n) is 2.63. The van der Waals surface area contributed by atoms with Crippen molar-refractivity contribution in [3.8, 4) is 0 Å². The summed E-state index contributed by atoms with van der Waals surface area (Å²) in [4.78, 5) is 28.4. The normalized spacial score (nSPS) is 15.1. The van der Waals surface area contributed by atoms with E-state index in [9.17, 15) is 9.59 Å². The number of amides is 1. The molecule has 0 spiro atoms. The van der Waals surface area contributed by atoms with Gasteiger partial charge in [-0.15, -0.1) is 0 Å². The van der Waals surface area contributed by atoms with Crippen LogP contribution in [0.25, 0.3) is 0 Å². The minimum atomic E-state index is -1.12. The highest BCUT2D eigenvalue weighted by Crippen LogP contribution is 2.14. The Kier molecular flexibility index (Phi) is 2.85. The van der Waals surface area contributed by atoms with Crippen LogP contribution in [-0.4, -0.2) is 40.0 Å². The van der Waals surface area contributed by atoms with Crippen molar-refractivity contribution in [2.45, 2.75) is 12.8 Å². The van der Waals surface area contributed by atoms with Gasteiger partial charge in [0.1, 0.15) is 5.69 Å². The highest BCUT2D eigenvalue weighted by molar-refractivity contribution is 6.03. The largest absolute Gasteiger partial charge is 0.478 e. The molecule has 0 aliphatic carbocycles. The van der Waals surface area contributed by atoms with Gasteiger partial charge in [-0.3, -0.25) is 9.78 Å². The molecule has 0 radical (unpaired) electrons. The maximum Gasteiger partial charge on any atom is 0.338 e. The average Bonchev–Trinajstić information content (AvgIpc) is 2.81. The zero-order valence-corrected chi connectivity index (χ0v) is 8.72. The molecule has 1 aliphatic rings. The molecular weight excluding hydrogens is 208 g/mol. The van der Waals surface area contributed by atoms with Crippen molar-refractivity contribution in [1.82, 2.24) is 9.88 Å². The van der Waals surface area contributed by atoms with Crippen molar-refractivity contribution in [1.29, 1.82) is 0 Å². The second-order valence-electron chi connectivity index (χ2n) is 3.70. The van der Waals surface area contributed by atoms with E-state index < -0.39 is 5.97 Å². The monoisotopic (exact) mass is 220 g/mol. The Bertz CT molecular complexity index is 425. The van der Waals surface area contributed by atoms with Crippen LogP contribution < -0.4 is 0 Å². The van der Waals surface area contributed by atoms with Crippen molar-refractivity contribution in [3.63, 3.8) is 0 Å². The van der Waals surface area contributed by atoms with Gasteiger partial charge in [-0.2, -0.15) is 0 Å². The van der Waals surface area contributed by atoms with Crippen molar-refractivity contribution in [3.05, 3.63) is 29.6 Å². The molecule has 16 heavy (non-hydrogen) atoms. The Hall–Kier alpha value is -1.91. The second kappa shape index (κ2) is 4.30. The van der Waals surface area contributed by atoms with Gasteiger partial charge in [0.2, 0.25) is 0 Å². The Labute approximate surface area is 92.7 Å². The minimum Gasteiger partial charge on any atom is -0.478 e. The predicted molar refractivity (Wildman–Crippen MR) is 56.3 cm³/mol. The first-order chi connectivity index (χ1) is 7.70. The molecule has 0 unspecified atom stereocenters. The summed E-state index contributed by atoms with van der Waals surface area (Å²) in [6, 6.07) is 2.92. The lowest BCUT2D eigenvalue weighted by Gasteiger charge is -2.15. The molecule has 0 saturated carbocycles. The maximum absolute atomic E-state index is 12.0. The van der Waals surface area contributed by atoms with Gasteiger partial charge in [0.15, 0.2) is 0 Å². The minimum absolute atomic E-state index is 0.0283. The number of carbonyl (C=O) groups excluding carboxylic acids is 1. The van der Waals surface area contributed by atoms with Crippen LogP contribution in [0.15, 0.2) is 18.3 Å². The lowest BCUT2D eigenvalue weighted by Crippen LogP contribution is -2.30. The molecule has 1 aliphatic heterocycles. The molecule has 0 aromatic carbocycles. The second-order valence-corrected chi connectivity index (χ2v) is 3.70. The SMILES string of the molecule is O=C(O)c1cccnc1C(=O)N1CCCC1. The molecule has 1 amide bonds. The zero-order chi connectivity index (χ0) is 11.5. The number of carbonyl (C=O) groups is 2. The number of carboxylic acids is 1. The summed E-state index contributed by atoms with van der Waals surface area (Å²) < 4.78 is 0. The smallest absolute Gasteiger partial charge is 0.338 e. The topological polar surface area (TPSA) is 70.5 Å². The van der Waals surface area contributed by atoms with E-state index in [1.807, 2.05) is 0 Å². The predicted octanol–water partition coefficient (Wildman–Crippen LogP) is 1.02. The van der Waals surface area contributed by atoms with Crippen LogP contribution in [0, 0.1) is 0 Å². The third-order valence-corrected chi connectivity index (χ3v) is 2.63. The van der Waals surface area contributed by atoms with Crippen LogP contribution in [0.4, 0.5) is 0 Å². The van der Waals surface area contributed by atoms with Crippen molar-refractivity contribution < 1.29 is 14.7 Å². The van der Waals surface area contributed by atoms with Crippen LogP contribution in [0.2, 0.25) is 0 Å². The first-order valence-electron chi connectivity index (χ1n) is 5.18. The summed E-state index contributed by atoms with van der Waals surface area (Å²) in [5.74, 6) is -1.40. The van der Waals surface area contributed by atoms with E-state index >= 15 is 0 Å². The number of hydrogen-bond acceptors (Lipinski definition) is 3. The average molecular weight is 220 g/mol. The van der Waals surface area contributed by atoms with E-state index in [0.29, 0.717) is 13.1 Å². The lowest BCUT2D eigenvalue weighted by molar-refractivity contribution is 0.0679. The number of rotatable bonds is 2. The number of aromatic nitrogens is 1. The number of pyridine rings is 1. The molecule has 1 N–H and O–H groups in total. The molecule has 2 rings (SSSR count). The van der Waals surface area contributed by atoms with Gasteiger partial charge < -0.3 is 10.0 Å². The molecule has 84 valence electrons. The summed E-state index contributed by atoms with van der Waals surface area (Å²) in [6.45, 7) is 1.38. The number of aromatic carboxylic acids is 1. The van der Waals surface area contributed by atoms with Gasteiger partial charge in [0, 0.05) is 19.3 Å². The van der Waals surface area contributed by atoms with Gasteiger partial charge in [-0.25, -0.2) is 4.79 Å². The summed E-state index contributed by atoms with van der Waals surface area (Å²) in [7, 11) is 0. The molecule has 5 nitrogen and oxygen atoms in total. The van der Waals surface area contributed by atoms with E-state index in [2.05, 4.69) is 4.98 Å². The molecule has 1 aromatic rings.